The maximum atomic E-state index is 12.6. The van der Waals surface area contributed by atoms with E-state index in [0.29, 0.717) is 22.4 Å². The third kappa shape index (κ3) is 8.39. The molecule has 1 amide bonds. The number of nitrogens with one attached hydrogen (secondary N) is 2. The highest BCUT2D eigenvalue weighted by Crippen LogP contribution is 2.16. The second-order valence-electron chi connectivity index (χ2n) is 7.56. The molecule has 10 nitrogen and oxygen atoms in total. The lowest BCUT2D eigenvalue weighted by atomic mass is 10.1. The molecule has 1 atom stereocenters. The zero-order valence-corrected chi connectivity index (χ0v) is 20.3. The number of nitrogen functional groups attached to an aromatic ring is 1. The van der Waals surface area contributed by atoms with Gasteiger partial charge in [-0.05, 0) is 68.8 Å². The van der Waals surface area contributed by atoms with E-state index < -0.39 is 29.9 Å². The van der Waals surface area contributed by atoms with Gasteiger partial charge in [0, 0.05) is 11.1 Å². The largest absolute Gasteiger partial charge is 0.466 e. The molecule has 0 aliphatic rings. The van der Waals surface area contributed by atoms with Crippen LogP contribution in [0.5, 0.6) is 5.75 Å². The number of hydrogen-bond acceptors (Lipinski definition) is 8. The van der Waals surface area contributed by atoms with Crippen molar-refractivity contribution >= 4 is 35.7 Å². The van der Waals surface area contributed by atoms with Crippen LogP contribution in [0, 0.1) is 5.41 Å². The number of carbonyl (C=O) groups excluding carboxylic acids is 4. The molecule has 0 fully saturated rings. The van der Waals surface area contributed by atoms with Gasteiger partial charge in [0.1, 0.15) is 17.6 Å². The van der Waals surface area contributed by atoms with Crippen molar-refractivity contribution in [3.05, 3.63) is 70.8 Å². The van der Waals surface area contributed by atoms with Gasteiger partial charge in [0.2, 0.25) is 5.91 Å². The molecule has 36 heavy (non-hydrogen) atoms. The molecule has 0 bridgehead atoms. The Bertz CT molecular complexity index is 1140. The van der Waals surface area contributed by atoms with Crippen molar-refractivity contribution in [3.8, 4) is 5.75 Å². The number of amidine groups is 1. The van der Waals surface area contributed by atoms with Gasteiger partial charge in [-0.15, -0.1) is 0 Å². The molecule has 10 heteroatoms. The van der Waals surface area contributed by atoms with Crippen LogP contribution in [0.2, 0.25) is 0 Å². The lowest BCUT2D eigenvalue weighted by Gasteiger charge is -2.16. The summed E-state index contributed by atoms with van der Waals surface area (Å²) in [6.45, 7) is 5.06. The van der Waals surface area contributed by atoms with Gasteiger partial charge >= 0.3 is 17.9 Å². The van der Waals surface area contributed by atoms with E-state index in [0.717, 1.165) is 0 Å². The van der Waals surface area contributed by atoms with E-state index >= 15 is 0 Å². The Balaban J connectivity index is 2.04. The summed E-state index contributed by atoms with van der Waals surface area (Å²) in [5.41, 5.74) is 7.12. The zero-order valence-electron chi connectivity index (χ0n) is 20.3. The summed E-state index contributed by atoms with van der Waals surface area (Å²) < 4.78 is 15.1. The maximum absolute atomic E-state index is 12.6. The summed E-state index contributed by atoms with van der Waals surface area (Å²) in [6.07, 6.45) is 1.22. The van der Waals surface area contributed by atoms with Gasteiger partial charge in [-0.3, -0.25) is 15.0 Å². The van der Waals surface area contributed by atoms with Crippen LogP contribution in [0.3, 0.4) is 0 Å². The number of ether oxygens (including phenoxy) is 3. The van der Waals surface area contributed by atoms with Crippen LogP contribution >= 0.6 is 0 Å². The summed E-state index contributed by atoms with van der Waals surface area (Å²) in [7, 11) is 0. The molecule has 0 saturated heterocycles. The van der Waals surface area contributed by atoms with Gasteiger partial charge in [0.15, 0.2) is 0 Å². The fraction of sp³-hybridized carbons (Fsp3) is 0.269. The Morgan fingerprint density at radius 3 is 2.08 bits per heavy atom. The van der Waals surface area contributed by atoms with Crippen molar-refractivity contribution in [2.75, 3.05) is 13.2 Å². The number of esters is 3. The monoisotopic (exact) mass is 495 g/mol. The van der Waals surface area contributed by atoms with Crippen molar-refractivity contribution in [1.29, 1.82) is 5.41 Å². The Hall–Kier alpha value is -4.47. The molecule has 0 saturated carbocycles. The molecular weight excluding hydrogens is 466 g/mol. The van der Waals surface area contributed by atoms with Crippen LogP contribution in [-0.2, 0) is 23.9 Å². The molecule has 190 valence electrons. The molecular formula is C26H29N3O7. The van der Waals surface area contributed by atoms with Crippen molar-refractivity contribution in [2.24, 2.45) is 5.73 Å². The van der Waals surface area contributed by atoms with Gasteiger partial charge in [-0.25, -0.2) is 9.59 Å². The molecule has 0 heterocycles. The normalized spacial score (nSPS) is 11.7. The molecule has 0 aromatic heterocycles. The third-order valence-corrected chi connectivity index (χ3v) is 4.82. The highest BCUT2D eigenvalue weighted by molar-refractivity contribution is 6.00. The van der Waals surface area contributed by atoms with Crippen LogP contribution in [-0.4, -0.2) is 48.9 Å². The molecule has 2 rings (SSSR count). The number of amides is 1. The number of rotatable bonds is 11. The van der Waals surface area contributed by atoms with Crippen LogP contribution in [0.15, 0.2) is 54.1 Å². The average molecular weight is 496 g/mol. The second-order valence-corrected chi connectivity index (χ2v) is 7.56. The fourth-order valence-corrected chi connectivity index (χ4v) is 2.99. The van der Waals surface area contributed by atoms with Gasteiger partial charge in [0.05, 0.1) is 25.2 Å². The standard InChI is InChI=1S/C26H29N3O7/c1-4-34-22(30)15-21(26(33)35-5-2)29-24(31)16(3)14-17-6-8-19(9-7-17)25(32)36-20-12-10-18(11-13-20)23(27)28/h6-14,21H,4-5,15H2,1-3H3,(H3,27,28)(H,29,31)/b16-14+/t21-/m0/s1. The fourth-order valence-electron chi connectivity index (χ4n) is 2.99. The van der Waals surface area contributed by atoms with Crippen molar-refractivity contribution in [3.63, 3.8) is 0 Å². The molecule has 2 aromatic carbocycles. The minimum absolute atomic E-state index is 0.0871. The van der Waals surface area contributed by atoms with E-state index in [1.54, 1.807) is 75.4 Å². The predicted molar refractivity (Wildman–Crippen MR) is 132 cm³/mol. The summed E-state index contributed by atoms with van der Waals surface area (Å²) in [4.78, 5) is 49.0. The van der Waals surface area contributed by atoms with Gasteiger partial charge in [0.25, 0.3) is 0 Å². The smallest absolute Gasteiger partial charge is 0.343 e. The molecule has 2 aromatic rings. The molecule has 4 N–H and O–H groups in total. The average Bonchev–Trinajstić information content (AvgIpc) is 2.84. The predicted octanol–water partition coefficient (Wildman–Crippen LogP) is 2.59. The SMILES string of the molecule is CCOC(=O)C[C@H](NC(=O)/C(C)=C/c1ccc(C(=O)Oc2ccc(C(=N)N)cc2)cc1)C(=O)OCC. The van der Waals surface area contributed by atoms with Crippen LogP contribution in [0.4, 0.5) is 0 Å². The summed E-state index contributed by atoms with van der Waals surface area (Å²) in [5.74, 6) is -2.28. The number of benzene rings is 2. The first-order valence-corrected chi connectivity index (χ1v) is 11.2. The van der Waals surface area contributed by atoms with Crippen LogP contribution in [0.1, 0.15) is 48.7 Å². The van der Waals surface area contributed by atoms with E-state index in [1.807, 2.05) is 0 Å². The van der Waals surface area contributed by atoms with Gasteiger partial charge in [-0.2, -0.15) is 0 Å². The Morgan fingerprint density at radius 1 is 0.944 bits per heavy atom. The molecule has 0 aliphatic carbocycles. The topological polar surface area (TPSA) is 158 Å². The number of carbonyl (C=O) groups is 4. The summed E-state index contributed by atoms with van der Waals surface area (Å²) in [6, 6.07) is 11.4. The first-order valence-electron chi connectivity index (χ1n) is 11.2. The maximum Gasteiger partial charge on any atom is 0.343 e. The van der Waals surface area contributed by atoms with E-state index in [2.05, 4.69) is 5.32 Å². The minimum Gasteiger partial charge on any atom is -0.466 e. The lowest BCUT2D eigenvalue weighted by Crippen LogP contribution is -2.43. The van der Waals surface area contributed by atoms with Crippen LogP contribution in [0.25, 0.3) is 6.08 Å². The van der Waals surface area contributed by atoms with Crippen LogP contribution < -0.4 is 15.8 Å². The summed E-state index contributed by atoms with van der Waals surface area (Å²) in [5, 5.41) is 9.89. The van der Waals surface area contributed by atoms with Gasteiger partial charge in [-0.1, -0.05) is 12.1 Å². The van der Waals surface area contributed by atoms with Crippen molar-refractivity contribution in [2.45, 2.75) is 33.2 Å². The second kappa shape index (κ2) is 13.4. The molecule has 0 radical (unpaired) electrons. The zero-order chi connectivity index (χ0) is 26.7. The van der Waals surface area contributed by atoms with Crippen molar-refractivity contribution in [1.82, 2.24) is 5.32 Å². The Labute approximate surface area is 208 Å². The van der Waals surface area contributed by atoms with Crippen molar-refractivity contribution < 1.29 is 33.4 Å². The molecule has 0 unspecified atom stereocenters. The van der Waals surface area contributed by atoms with E-state index in [4.69, 9.17) is 25.4 Å². The first-order chi connectivity index (χ1) is 17.1. The minimum atomic E-state index is -1.18. The number of hydrogen-bond donors (Lipinski definition) is 3. The third-order valence-electron chi connectivity index (χ3n) is 4.82. The number of nitrogens with two attached hydrogens (primary N) is 1. The highest BCUT2D eigenvalue weighted by atomic mass is 16.5. The van der Waals surface area contributed by atoms with E-state index in [-0.39, 0.29) is 31.0 Å². The summed E-state index contributed by atoms with van der Waals surface area (Å²) >= 11 is 0. The quantitative estimate of drug-likeness (QED) is 0.141. The molecule has 0 spiro atoms. The Morgan fingerprint density at radius 2 is 1.53 bits per heavy atom. The molecule has 0 aliphatic heterocycles. The van der Waals surface area contributed by atoms with E-state index in [9.17, 15) is 19.2 Å². The lowest BCUT2D eigenvalue weighted by molar-refractivity contribution is -0.153. The Kier molecular flexibility index (Phi) is 10.4. The first kappa shape index (κ1) is 27.8. The van der Waals surface area contributed by atoms with Gasteiger partial charge < -0.3 is 25.3 Å². The van der Waals surface area contributed by atoms with E-state index in [1.165, 1.54) is 0 Å². The highest BCUT2D eigenvalue weighted by Gasteiger charge is 2.26.